The number of nitrogens with one attached hydrogen (secondary N) is 1. The molecular formula is C20H21N5O3S. The number of hydrogen-bond donors (Lipinski definition) is 2. The van der Waals surface area contributed by atoms with Gasteiger partial charge in [-0.3, -0.25) is 14.5 Å². The van der Waals surface area contributed by atoms with Gasteiger partial charge in [-0.25, -0.2) is 4.98 Å². The van der Waals surface area contributed by atoms with E-state index < -0.39 is 6.35 Å². The molecule has 0 saturated heterocycles. The Morgan fingerprint density at radius 3 is 2.62 bits per heavy atom. The van der Waals surface area contributed by atoms with Crippen LogP contribution >= 0.6 is 11.3 Å². The van der Waals surface area contributed by atoms with E-state index in [1.165, 1.54) is 23.2 Å². The number of hydrogen-bond acceptors (Lipinski definition) is 6. The molecule has 1 aromatic carbocycles. The van der Waals surface area contributed by atoms with Crippen molar-refractivity contribution in [1.82, 2.24) is 14.5 Å². The second-order valence-corrected chi connectivity index (χ2v) is 7.65. The summed E-state index contributed by atoms with van der Waals surface area (Å²) in [7, 11) is 3.19. The quantitative estimate of drug-likeness (QED) is 0.673. The minimum absolute atomic E-state index is 0.152. The van der Waals surface area contributed by atoms with Crippen molar-refractivity contribution in [2.45, 2.75) is 19.3 Å². The number of aryl methyl sites for hydroxylation is 1. The normalized spacial score (nSPS) is 16.1. The molecule has 150 valence electrons. The van der Waals surface area contributed by atoms with Crippen molar-refractivity contribution in [3.8, 4) is 11.1 Å². The lowest BCUT2D eigenvalue weighted by molar-refractivity contribution is -0.116. The summed E-state index contributed by atoms with van der Waals surface area (Å²) in [6, 6.07) is 9.75. The SMILES string of the molecule is CN1C(=O)c2c(ncn2CCC(=O)Nc2ccc(-c3ccsc3)cc2)N(C)C1O. The number of imidazole rings is 1. The average Bonchev–Trinajstić information content (AvgIpc) is 3.40. The number of benzene rings is 1. The zero-order chi connectivity index (χ0) is 20.5. The fraction of sp³-hybridized carbons (Fsp3) is 0.250. The number of rotatable bonds is 5. The third-order valence-corrected chi connectivity index (χ3v) is 5.65. The molecule has 3 heterocycles. The number of carbonyl (C=O) groups excluding carboxylic acids is 2. The summed E-state index contributed by atoms with van der Waals surface area (Å²) in [6.45, 7) is 0.310. The molecule has 0 aliphatic carbocycles. The van der Waals surface area contributed by atoms with Gasteiger partial charge in [0.1, 0.15) is 0 Å². The number of aromatic nitrogens is 2. The van der Waals surface area contributed by atoms with Gasteiger partial charge in [0.05, 0.1) is 6.33 Å². The number of anilines is 2. The summed E-state index contributed by atoms with van der Waals surface area (Å²) < 4.78 is 1.65. The summed E-state index contributed by atoms with van der Waals surface area (Å²) >= 11 is 1.64. The van der Waals surface area contributed by atoms with Crippen LogP contribution in [0.15, 0.2) is 47.4 Å². The maximum atomic E-state index is 12.5. The molecule has 0 bridgehead atoms. The molecular weight excluding hydrogens is 390 g/mol. The molecule has 4 rings (SSSR count). The third kappa shape index (κ3) is 3.62. The second-order valence-electron chi connectivity index (χ2n) is 6.87. The van der Waals surface area contributed by atoms with Gasteiger partial charge in [-0.1, -0.05) is 12.1 Å². The molecule has 0 fully saturated rings. The fourth-order valence-corrected chi connectivity index (χ4v) is 3.94. The van der Waals surface area contributed by atoms with E-state index in [-0.39, 0.29) is 18.2 Å². The molecule has 8 nitrogen and oxygen atoms in total. The number of amides is 2. The van der Waals surface area contributed by atoms with Gasteiger partial charge in [-0.05, 0) is 40.1 Å². The minimum Gasteiger partial charge on any atom is -0.356 e. The van der Waals surface area contributed by atoms with E-state index in [0.717, 1.165) is 16.8 Å². The predicted octanol–water partition coefficient (Wildman–Crippen LogP) is 2.44. The van der Waals surface area contributed by atoms with Crippen LogP contribution in [-0.2, 0) is 11.3 Å². The van der Waals surface area contributed by atoms with Gasteiger partial charge in [-0.15, -0.1) is 0 Å². The number of aliphatic hydroxyl groups excluding tert-OH is 1. The van der Waals surface area contributed by atoms with Crippen molar-refractivity contribution >= 4 is 34.7 Å². The smallest absolute Gasteiger partial charge is 0.277 e. The van der Waals surface area contributed by atoms with Crippen molar-refractivity contribution in [3.63, 3.8) is 0 Å². The van der Waals surface area contributed by atoms with E-state index >= 15 is 0 Å². The third-order valence-electron chi connectivity index (χ3n) is 4.97. The Morgan fingerprint density at radius 1 is 1.17 bits per heavy atom. The monoisotopic (exact) mass is 411 g/mol. The predicted molar refractivity (Wildman–Crippen MR) is 112 cm³/mol. The van der Waals surface area contributed by atoms with Crippen LogP contribution < -0.4 is 10.2 Å². The molecule has 0 radical (unpaired) electrons. The van der Waals surface area contributed by atoms with Crippen molar-refractivity contribution in [2.75, 3.05) is 24.3 Å². The van der Waals surface area contributed by atoms with Crippen LogP contribution in [0.1, 0.15) is 16.9 Å². The number of carbonyl (C=O) groups is 2. The first-order chi connectivity index (χ1) is 14.0. The van der Waals surface area contributed by atoms with Crippen LogP contribution in [0.4, 0.5) is 11.5 Å². The van der Waals surface area contributed by atoms with E-state index in [4.69, 9.17) is 0 Å². The molecule has 2 amide bonds. The van der Waals surface area contributed by atoms with Crippen LogP contribution in [0.25, 0.3) is 11.1 Å². The molecule has 1 aliphatic rings. The van der Waals surface area contributed by atoms with E-state index in [1.807, 2.05) is 29.6 Å². The highest BCUT2D eigenvalue weighted by atomic mass is 32.1. The molecule has 0 spiro atoms. The fourth-order valence-electron chi connectivity index (χ4n) is 3.28. The van der Waals surface area contributed by atoms with Crippen LogP contribution in [0, 0.1) is 0 Å². The molecule has 1 unspecified atom stereocenters. The van der Waals surface area contributed by atoms with E-state index in [9.17, 15) is 14.7 Å². The standard InChI is InChI=1S/C20H21N5O3S/c1-23-18-17(19(27)24(2)20(23)28)25(12-21-18)9-7-16(26)22-15-5-3-13(4-6-15)14-8-10-29-11-14/h3-6,8,10-12,20,28H,7,9H2,1-2H3,(H,22,26). The zero-order valence-electron chi connectivity index (χ0n) is 16.1. The van der Waals surface area contributed by atoms with Crippen molar-refractivity contribution in [1.29, 1.82) is 0 Å². The second kappa shape index (κ2) is 7.69. The maximum Gasteiger partial charge on any atom is 0.277 e. The van der Waals surface area contributed by atoms with Gasteiger partial charge in [0.25, 0.3) is 5.91 Å². The minimum atomic E-state index is -1.06. The van der Waals surface area contributed by atoms with E-state index in [2.05, 4.69) is 21.7 Å². The Kier molecular flexibility index (Phi) is 5.08. The number of fused-ring (bicyclic) bond motifs is 1. The van der Waals surface area contributed by atoms with Gasteiger partial charge in [0.2, 0.25) is 12.3 Å². The van der Waals surface area contributed by atoms with Crippen LogP contribution in [0.3, 0.4) is 0 Å². The molecule has 3 aromatic rings. The number of nitrogens with zero attached hydrogens (tertiary/aromatic N) is 4. The van der Waals surface area contributed by atoms with Crippen LogP contribution in [0.2, 0.25) is 0 Å². The lowest BCUT2D eigenvalue weighted by atomic mass is 10.1. The highest BCUT2D eigenvalue weighted by Crippen LogP contribution is 2.27. The Hall–Kier alpha value is -3.17. The molecule has 2 N–H and O–H groups in total. The summed E-state index contributed by atoms with van der Waals surface area (Å²) in [5.74, 6) is -0.0710. The summed E-state index contributed by atoms with van der Waals surface area (Å²) in [5, 5.41) is 17.0. The number of aliphatic hydroxyl groups is 1. The summed E-state index contributed by atoms with van der Waals surface area (Å²) in [4.78, 5) is 31.8. The lowest BCUT2D eigenvalue weighted by Crippen LogP contribution is -2.52. The zero-order valence-corrected chi connectivity index (χ0v) is 16.9. The lowest BCUT2D eigenvalue weighted by Gasteiger charge is -2.36. The largest absolute Gasteiger partial charge is 0.356 e. The highest BCUT2D eigenvalue weighted by molar-refractivity contribution is 7.08. The Bertz CT molecular complexity index is 1030. The number of thiophene rings is 1. The van der Waals surface area contributed by atoms with Crippen molar-refractivity contribution in [2.24, 2.45) is 0 Å². The molecule has 9 heteroatoms. The molecule has 0 saturated carbocycles. The summed E-state index contributed by atoms with van der Waals surface area (Å²) in [6.07, 6.45) is 0.658. The topological polar surface area (TPSA) is 90.7 Å². The maximum absolute atomic E-state index is 12.5. The van der Waals surface area contributed by atoms with Gasteiger partial charge < -0.3 is 19.9 Å². The first-order valence-corrected chi connectivity index (χ1v) is 10.1. The van der Waals surface area contributed by atoms with Crippen LogP contribution in [-0.4, -0.2) is 51.8 Å². The van der Waals surface area contributed by atoms with Crippen LogP contribution in [0.5, 0.6) is 0 Å². The molecule has 1 atom stereocenters. The average molecular weight is 411 g/mol. The molecule has 2 aromatic heterocycles. The van der Waals surface area contributed by atoms with Gasteiger partial charge in [0.15, 0.2) is 11.5 Å². The van der Waals surface area contributed by atoms with Gasteiger partial charge in [0, 0.05) is 32.7 Å². The summed E-state index contributed by atoms with van der Waals surface area (Å²) in [5.41, 5.74) is 3.35. The Morgan fingerprint density at radius 2 is 1.93 bits per heavy atom. The van der Waals surface area contributed by atoms with E-state index in [0.29, 0.717) is 18.1 Å². The first kappa shape index (κ1) is 19.2. The van der Waals surface area contributed by atoms with E-state index in [1.54, 1.807) is 23.0 Å². The Labute approximate surface area is 172 Å². The first-order valence-electron chi connectivity index (χ1n) is 9.11. The Balaban J connectivity index is 1.40. The van der Waals surface area contributed by atoms with Gasteiger partial charge >= 0.3 is 0 Å². The molecule has 29 heavy (non-hydrogen) atoms. The van der Waals surface area contributed by atoms with Crippen molar-refractivity contribution in [3.05, 3.63) is 53.1 Å². The molecule has 1 aliphatic heterocycles. The van der Waals surface area contributed by atoms with Crippen molar-refractivity contribution < 1.29 is 14.7 Å². The van der Waals surface area contributed by atoms with Gasteiger partial charge in [-0.2, -0.15) is 11.3 Å². The highest BCUT2D eigenvalue weighted by Gasteiger charge is 2.36.